The van der Waals surface area contributed by atoms with Crippen molar-refractivity contribution in [2.24, 2.45) is 11.7 Å². The minimum Gasteiger partial charge on any atom is -0.327 e. The van der Waals surface area contributed by atoms with Gasteiger partial charge in [-0.1, -0.05) is 19.8 Å². The van der Waals surface area contributed by atoms with Crippen molar-refractivity contribution in [2.75, 3.05) is 0 Å². The molecular weight excluding hydrogens is 210 g/mol. The van der Waals surface area contributed by atoms with Crippen molar-refractivity contribution in [3.63, 3.8) is 0 Å². The van der Waals surface area contributed by atoms with E-state index < -0.39 is 0 Å². The fourth-order valence-corrected chi connectivity index (χ4v) is 2.68. The van der Waals surface area contributed by atoms with Crippen LogP contribution in [0.4, 0.5) is 0 Å². The summed E-state index contributed by atoms with van der Waals surface area (Å²) in [7, 11) is 0. The van der Waals surface area contributed by atoms with Crippen molar-refractivity contribution < 1.29 is 0 Å². The molecule has 0 bridgehead atoms. The molecule has 1 fully saturated rings. The zero-order chi connectivity index (χ0) is 12.3. The molecule has 1 aliphatic carbocycles. The predicted octanol–water partition coefficient (Wildman–Crippen LogP) is 2.91. The van der Waals surface area contributed by atoms with Gasteiger partial charge in [-0.25, -0.2) is 0 Å². The lowest BCUT2D eigenvalue weighted by Crippen LogP contribution is -2.34. The Morgan fingerprint density at radius 3 is 2.94 bits per heavy atom. The number of nitrogens with two attached hydrogens (primary N) is 1. The van der Waals surface area contributed by atoms with Crippen LogP contribution in [0.5, 0.6) is 0 Å². The second kappa shape index (κ2) is 5.67. The van der Waals surface area contributed by atoms with Gasteiger partial charge in [-0.3, -0.25) is 4.68 Å². The van der Waals surface area contributed by atoms with Crippen LogP contribution in [0.25, 0.3) is 0 Å². The molecule has 2 rings (SSSR count). The summed E-state index contributed by atoms with van der Waals surface area (Å²) >= 11 is 0. The lowest BCUT2D eigenvalue weighted by Gasteiger charge is -2.27. The summed E-state index contributed by atoms with van der Waals surface area (Å²) in [4.78, 5) is 0. The highest BCUT2D eigenvalue weighted by atomic mass is 15.3. The van der Waals surface area contributed by atoms with Gasteiger partial charge in [0, 0.05) is 18.3 Å². The molecule has 1 heterocycles. The Bertz CT molecular complexity index is 345. The second-order valence-corrected chi connectivity index (χ2v) is 5.46. The van der Waals surface area contributed by atoms with Crippen LogP contribution in [0.3, 0.4) is 0 Å². The lowest BCUT2D eigenvalue weighted by atomic mass is 9.82. The first-order valence-electron chi connectivity index (χ1n) is 7.00. The van der Waals surface area contributed by atoms with Crippen LogP contribution >= 0.6 is 0 Å². The first-order valence-corrected chi connectivity index (χ1v) is 7.00. The second-order valence-electron chi connectivity index (χ2n) is 5.46. The summed E-state index contributed by atoms with van der Waals surface area (Å²) in [6, 6.07) is 3.05. The van der Waals surface area contributed by atoms with Crippen LogP contribution < -0.4 is 5.73 Å². The SMILES string of the molecule is CCC(C)n1ccc(CC2CCCCC2N)n1. The van der Waals surface area contributed by atoms with Crippen molar-refractivity contribution in [3.8, 4) is 0 Å². The summed E-state index contributed by atoms with van der Waals surface area (Å²) in [6.45, 7) is 4.41. The van der Waals surface area contributed by atoms with Crippen LogP contribution in [0.15, 0.2) is 12.3 Å². The van der Waals surface area contributed by atoms with Crippen LogP contribution in [0.2, 0.25) is 0 Å². The van der Waals surface area contributed by atoms with E-state index in [2.05, 4.69) is 35.9 Å². The molecule has 17 heavy (non-hydrogen) atoms. The van der Waals surface area contributed by atoms with Gasteiger partial charge in [0.15, 0.2) is 0 Å². The average Bonchev–Trinajstić information content (AvgIpc) is 2.80. The fourth-order valence-electron chi connectivity index (χ4n) is 2.68. The van der Waals surface area contributed by atoms with Crippen molar-refractivity contribution in [1.82, 2.24) is 9.78 Å². The van der Waals surface area contributed by atoms with Crippen LogP contribution in [-0.4, -0.2) is 15.8 Å². The molecule has 1 aromatic heterocycles. The third-order valence-electron chi connectivity index (χ3n) is 4.15. The largest absolute Gasteiger partial charge is 0.327 e. The summed E-state index contributed by atoms with van der Waals surface area (Å²) in [6.07, 6.45) is 9.41. The van der Waals surface area contributed by atoms with Gasteiger partial charge in [0.25, 0.3) is 0 Å². The van der Waals surface area contributed by atoms with Gasteiger partial charge in [-0.2, -0.15) is 5.10 Å². The third-order valence-corrected chi connectivity index (χ3v) is 4.15. The first kappa shape index (κ1) is 12.6. The highest BCUT2D eigenvalue weighted by Gasteiger charge is 2.22. The molecule has 1 aromatic rings. The predicted molar refractivity (Wildman–Crippen MR) is 70.9 cm³/mol. The minimum atomic E-state index is 0.387. The molecule has 3 heteroatoms. The van der Waals surface area contributed by atoms with E-state index in [1.807, 2.05) is 0 Å². The van der Waals surface area contributed by atoms with Crippen LogP contribution in [-0.2, 0) is 6.42 Å². The molecule has 0 radical (unpaired) electrons. The van der Waals surface area contributed by atoms with E-state index in [9.17, 15) is 0 Å². The smallest absolute Gasteiger partial charge is 0.0628 e. The molecule has 1 saturated carbocycles. The minimum absolute atomic E-state index is 0.387. The zero-order valence-electron chi connectivity index (χ0n) is 11.1. The van der Waals surface area contributed by atoms with E-state index in [-0.39, 0.29) is 0 Å². The monoisotopic (exact) mass is 235 g/mol. The van der Waals surface area contributed by atoms with E-state index in [0.717, 1.165) is 12.8 Å². The van der Waals surface area contributed by atoms with E-state index >= 15 is 0 Å². The van der Waals surface area contributed by atoms with Crippen molar-refractivity contribution in [2.45, 2.75) is 64.5 Å². The maximum Gasteiger partial charge on any atom is 0.0628 e. The fraction of sp³-hybridized carbons (Fsp3) is 0.786. The van der Waals surface area contributed by atoms with E-state index in [1.165, 1.54) is 31.4 Å². The highest BCUT2D eigenvalue weighted by molar-refractivity contribution is 5.02. The average molecular weight is 235 g/mol. The van der Waals surface area contributed by atoms with Crippen molar-refractivity contribution in [1.29, 1.82) is 0 Å². The lowest BCUT2D eigenvalue weighted by molar-refractivity contribution is 0.303. The Hall–Kier alpha value is -0.830. The Morgan fingerprint density at radius 1 is 1.47 bits per heavy atom. The Labute approximate surface area is 104 Å². The summed E-state index contributed by atoms with van der Waals surface area (Å²) in [5, 5.41) is 4.67. The van der Waals surface area contributed by atoms with Crippen LogP contribution in [0, 0.1) is 5.92 Å². The number of nitrogens with zero attached hydrogens (tertiary/aromatic N) is 2. The summed E-state index contributed by atoms with van der Waals surface area (Å²) < 4.78 is 2.09. The van der Waals surface area contributed by atoms with E-state index in [4.69, 9.17) is 5.73 Å². The van der Waals surface area contributed by atoms with Gasteiger partial charge in [-0.05, 0) is 44.6 Å². The molecule has 2 N–H and O–H groups in total. The number of aromatic nitrogens is 2. The number of hydrogen-bond acceptors (Lipinski definition) is 2. The van der Waals surface area contributed by atoms with E-state index in [0.29, 0.717) is 18.0 Å². The molecule has 3 unspecified atom stereocenters. The van der Waals surface area contributed by atoms with Crippen LogP contribution in [0.1, 0.15) is 57.7 Å². The molecular formula is C14H25N3. The first-order chi connectivity index (χ1) is 8.20. The molecule has 0 amide bonds. The van der Waals surface area contributed by atoms with Crippen molar-refractivity contribution >= 4 is 0 Å². The molecule has 0 aromatic carbocycles. The molecule has 0 spiro atoms. The Kier molecular flexibility index (Phi) is 4.21. The van der Waals surface area contributed by atoms with E-state index in [1.54, 1.807) is 0 Å². The zero-order valence-corrected chi connectivity index (χ0v) is 11.1. The number of rotatable bonds is 4. The van der Waals surface area contributed by atoms with Gasteiger partial charge in [0.2, 0.25) is 0 Å². The Morgan fingerprint density at radius 2 is 2.24 bits per heavy atom. The normalized spacial score (nSPS) is 27.0. The maximum absolute atomic E-state index is 6.19. The van der Waals surface area contributed by atoms with Gasteiger partial charge in [-0.15, -0.1) is 0 Å². The molecule has 96 valence electrons. The summed E-state index contributed by atoms with van der Waals surface area (Å²) in [5.41, 5.74) is 7.40. The van der Waals surface area contributed by atoms with Gasteiger partial charge in [0.1, 0.15) is 0 Å². The van der Waals surface area contributed by atoms with Gasteiger partial charge >= 0.3 is 0 Å². The van der Waals surface area contributed by atoms with Gasteiger partial charge in [0.05, 0.1) is 5.69 Å². The molecule has 3 nitrogen and oxygen atoms in total. The molecule has 3 atom stereocenters. The quantitative estimate of drug-likeness (QED) is 0.872. The Balaban J connectivity index is 1.96. The van der Waals surface area contributed by atoms with Crippen molar-refractivity contribution in [3.05, 3.63) is 18.0 Å². The molecule has 0 saturated heterocycles. The topological polar surface area (TPSA) is 43.8 Å². The highest BCUT2D eigenvalue weighted by Crippen LogP contribution is 2.26. The maximum atomic E-state index is 6.19. The molecule has 1 aliphatic rings. The standard InChI is InChI=1S/C14H25N3/c1-3-11(2)17-9-8-13(16-17)10-12-6-4-5-7-14(12)15/h8-9,11-12,14H,3-7,10,15H2,1-2H3. The summed E-state index contributed by atoms with van der Waals surface area (Å²) in [5.74, 6) is 0.643. The third kappa shape index (κ3) is 3.09. The molecule has 0 aliphatic heterocycles. The van der Waals surface area contributed by atoms with Gasteiger partial charge < -0.3 is 5.73 Å². The number of hydrogen-bond donors (Lipinski definition) is 1.